The molecule has 103 valence electrons. The molecule has 0 N–H and O–H groups in total. The van der Waals surface area contributed by atoms with E-state index in [9.17, 15) is 0 Å². The van der Waals surface area contributed by atoms with Gasteiger partial charge in [0.05, 0.1) is 13.2 Å². The highest BCUT2D eigenvalue weighted by Gasteiger charge is 1.92. The van der Waals surface area contributed by atoms with Crippen molar-refractivity contribution in [2.24, 2.45) is 0 Å². The first kappa shape index (κ1) is 15.7. The fourth-order valence-corrected chi connectivity index (χ4v) is 1.70. The normalized spacial score (nSPS) is 12.8. The molecule has 1 radical (unpaired) electrons. The van der Waals surface area contributed by atoms with Gasteiger partial charge in [0, 0.05) is 0 Å². The first-order valence-corrected chi connectivity index (χ1v) is 6.94. The average Bonchev–Trinajstić information content (AvgIpc) is 2.44. The average molecular weight is 257 g/mol. The predicted octanol–water partition coefficient (Wildman–Crippen LogP) is 5.10. The van der Waals surface area contributed by atoms with Crippen molar-refractivity contribution in [1.29, 1.82) is 0 Å². The van der Waals surface area contributed by atoms with E-state index in [4.69, 9.17) is 4.74 Å². The van der Waals surface area contributed by atoms with Crippen LogP contribution in [0.4, 0.5) is 0 Å². The number of allylic oxidation sites excluding steroid dienone is 3. The maximum absolute atomic E-state index is 5.64. The second-order valence-electron chi connectivity index (χ2n) is 4.89. The Morgan fingerprint density at radius 3 is 2.53 bits per heavy atom. The van der Waals surface area contributed by atoms with Gasteiger partial charge in [0.15, 0.2) is 0 Å². The molecule has 0 heterocycles. The van der Waals surface area contributed by atoms with Crippen LogP contribution >= 0.6 is 0 Å². The third-order valence-electron chi connectivity index (χ3n) is 3.09. The third kappa shape index (κ3) is 7.63. The summed E-state index contributed by atoms with van der Waals surface area (Å²) < 4.78 is 5.64. The second kappa shape index (κ2) is 9.57. The molecule has 1 rings (SSSR count). The van der Waals surface area contributed by atoms with Gasteiger partial charge >= 0.3 is 0 Å². The molecule has 0 spiro atoms. The highest BCUT2D eigenvalue weighted by molar-refractivity contribution is 5.13. The van der Waals surface area contributed by atoms with E-state index >= 15 is 0 Å². The van der Waals surface area contributed by atoms with Crippen molar-refractivity contribution >= 4 is 0 Å². The van der Waals surface area contributed by atoms with Gasteiger partial charge in [-0.1, -0.05) is 53.6 Å². The fraction of sp³-hybridized carbons (Fsp3) is 0.389. The molecule has 0 saturated carbocycles. The van der Waals surface area contributed by atoms with E-state index in [-0.39, 0.29) is 0 Å². The van der Waals surface area contributed by atoms with E-state index < -0.39 is 0 Å². The van der Waals surface area contributed by atoms with Gasteiger partial charge in [-0.05, 0) is 45.6 Å². The molecule has 0 saturated heterocycles. The van der Waals surface area contributed by atoms with Crippen LogP contribution in [0.5, 0.6) is 0 Å². The maximum Gasteiger partial charge on any atom is 0.0721 e. The molecule has 1 heteroatoms. The zero-order chi connectivity index (χ0) is 13.9. The smallest absolute Gasteiger partial charge is 0.0721 e. The van der Waals surface area contributed by atoms with E-state index in [0.717, 1.165) is 19.3 Å². The van der Waals surface area contributed by atoms with Crippen LogP contribution < -0.4 is 0 Å². The molecule has 0 atom stereocenters. The number of benzene rings is 1. The minimum Gasteiger partial charge on any atom is -0.373 e. The monoisotopic (exact) mass is 257 g/mol. The zero-order valence-corrected chi connectivity index (χ0v) is 12.2. The van der Waals surface area contributed by atoms with Crippen molar-refractivity contribution in [3.8, 4) is 0 Å². The van der Waals surface area contributed by atoms with Crippen LogP contribution in [0.25, 0.3) is 0 Å². The molecule has 0 fully saturated rings. The fourth-order valence-electron chi connectivity index (χ4n) is 1.70. The molecule has 0 bridgehead atoms. The SMILES string of the molecule is [CH2]CC(C)=CCCC(C)=CCOCc1ccccc1. The Morgan fingerprint density at radius 2 is 1.84 bits per heavy atom. The zero-order valence-electron chi connectivity index (χ0n) is 12.2. The lowest BCUT2D eigenvalue weighted by Gasteiger charge is -2.03. The highest BCUT2D eigenvalue weighted by Crippen LogP contribution is 2.08. The van der Waals surface area contributed by atoms with E-state index in [0.29, 0.717) is 13.2 Å². The van der Waals surface area contributed by atoms with Crippen molar-refractivity contribution in [2.75, 3.05) is 6.61 Å². The van der Waals surface area contributed by atoms with Crippen molar-refractivity contribution in [3.05, 3.63) is 66.1 Å². The summed E-state index contributed by atoms with van der Waals surface area (Å²) in [6.45, 7) is 9.55. The third-order valence-corrected chi connectivity index (χ3v) is 3.09. The lowest BCUT2D eigenvalue weighted by molar-refractivity contribution is 0.148. The Kier molecular flexibility index (Phi) is 7.92. The van der Waals surface area contributed by atoms with Gasteiger partial charge in [0.2, 0.25) is 0 Å². The molecule has 0 amide bonds. The largest absolute Gasteiger partial charge is 0.373 e. The minimum absolute atomic E-state index is 0.686. The van der Waals surface area contributed by atoms with Crippen molar-refractivity contribution in [3.63, 3.8) is 0 Å². The van der Waals surface area contributed by atoms with Crippen molar-refractivity contribution in [1.82, 2.24) is 0 Å². The number of hydrogen-bond donors (Lipinski definition) is 0. The van der Waals surface area contributed by atoms with Crippen LogP contribution in [-0.2, 0) is 11.3 Å². The van der Waals surface area contributed by atoms with Gasteiger partial charge in [-0.2, -0.15) is 0 Å². The Bertz CT molecular complexity index is 401. The van der Waals surface area contributed by atoms with Gasteiger partial charge < -0.3 is 4.74 Å². The van der Waals surface area contributed by atoms with Crippen LogP contribution in [0, 0.1) is 6.92 Å². The van der Waals surface area contributed by atoms with Gasteiger partial charge in [0.25, 0.3) is 0 Å². The van der Waals surface area contributed by atoms with Crippen molar-refractivity contribution < 1.29 is 4.74 Å². The lowest BCUT2D eigenvalue weighted by atomic mass is 10.1. The molecular weight excluding hydrogens is 232 g/mol. The lowest BCUT2D eigenvalue weighted by Crippen LogP contribution is -1.93. The molecular formula is C18H25O. The summed E-state index contributed by atoms with van der Waals surface area (Å²) in [5, 5.41) is 0. The van der Waals surface area contributed by atoms with Gasteiger partial charge in [-0.3, -0.25) is 0 Å². The second-order valence-corrected chi connectivity index (χ2v) is 4.89. The van der Waals surface area contributed by atoms with Crippen LogP contribution in [-0.4, -0.2) is 6.61 Å². The van der Waals surface area contributed by atoms with Crippen LogP contribution in [0.3, 0.4) is 0 Å². The molecule has 1 nitrogen and oxygen atoms in total. The Morgan fingerprint density at radius 1 is 1.11 bits per heavy atom. The summed E-state index contributed by atoms with van der Waals surface area (Å²) in [6.07, 6.45) is 7.56. The summed E-state index contributed by atoms with van der Waals surface area (Å²) in [4.78, 5) is 0. The quantitative estimate of drug-likeness (QED) is 0.465. The highest BCUT2D eigenvalue weighted by atomic mass is 16.5. The Hall–Kier alpha value is -1.34. The summed E-state index contributed by atoms with van der Waals surface area (Å²) in [5.41, 5.74) is 3.98. The Balaban J connectivity index is 2.18. The number of ether oxygens (including phenoxy) is 1. The number of hydrogen-bond acceptors (Lipinski definition) is 1. The van der Waals surface area contributed by atoms with Gasteiger partial charge in [-0.15, -0.1) is 0 Å². The molecule has 1 aromatic carbocycles. The Labute approximate surface area is 118 Å². The van der Waals surface area contributed by atoms with E-state index in [1.807, 2.05) is 18.2 Å². The van der Waals surface area contributed by atoms with E-state index in [2.05, 4.69) is 45.1 Å². The summed E-state index contributed by atoms with van der Waals surface area (Å²) >= 11 is 0. The van der Waals surface area contributed by atoms with Gasteiger partial charge in [0.1, 0.15) is 0 Å². The summed E-state index contributed by atoms with van der Waals surface area (Å²) in [6, 6.07) is 10.3. The molecule has 0 unspecified atom stereocenters. The van der Waals surface area contributed by atoms with E-state index in [1.165, 1.54) is 16.7 Å². The molecule has 0 aliphatic rings. The summed E-state index contributed by atoms with van der Waals surface area (Å²) in [5.74, 6) is 0. The first-order valence-electron chi connectivity index (χ1n) is 6.94. The predicted molar refractivity (Wildman–Crippen MR) is 82.8 cm³/mol. The molecule has 19 heavy (non-hydrogen) atoms. The van der Waals surface area contributed by atoms with Crippen LogP contribution in [0.2, 0.25) is 0 Å². The van der Waals surface area contributed by atoms with Gasteiger partial charge in [-0.25, -0.2) is 0 Å². The molecule has 0 aliphatic heterocycles. The topological polar surface area (TPSA) is 9.23 Å². The number of rotatable bonds is 8. The maximum atomic E-state index is 5.64. The van der Waals surface area contributed by atoms with Crippen molar-refractivity contribution in [2.45, 2.75) is 39.7 Å². The van der Waals surface area contributed by atoms with E-state index in [1.54, 1.807) is 0 Å². The molecule has 0 aliphatic carbocycles. The van der Waals surface area contributed by atoms with Crippen LogP contribution in [0.1, 0.15) is 38.7 Å². The standard InChI is InChI=1S/C18H25O/c1-4-16(2)9-8-10-17(3)13-14-19-15-18-11-6-5-7-12-18/h5-7,9,11-13H,1,4,8,10,14-15H2,2-3H3. The summed E-state index contributed by atoms with van der Waals surface area (Å²) in [7, 11) is 0. The molecule has 1 aromatic rings. The molecule has 0 aromatic heterocycles. The minimum atomic E-state index is 0.686. The van der Waals surface area contributed by atoms with Crippen LogP contribution in [0.15, 0.2) is 53.6 Å². The first-order chi connectivity index (χ1) is 9.22.